The van der Waals surface area contributed by atoms with E-state index < -0.39 is 0 Å². The fraction of sp³-hybridized carbons (Fsp3) is 0.438. The number of nitrogens with zero attached hydrogens (tertiary/aromatic N) is 2. The summed E-state index contributed by atoms with van der Waals surface area (Å²) in [6.07, 6.45) is 5.76. The van der Waals surface area contributed by atoms with Crippen LogP contribution >= 0.6 is 23.2 Å². The van der Waals surface area contributed by atoms with Gasteiger partial charge in [-0.15, -0.1) is 0 Å². The first-order valence-electron chi connectivity index (χ1n) is 7.49. The van der Waals surface area contributed by atoms with Crippen molar-refractivity contribution in [1.29, 1.82) is 0 Å². The Bertz CT molecular complexity index is 631. The Hall–Kier alpha value is -1.23. The fourth-order valence-electron chi connectivity index (χ4n) is 2.84. The maximum absolute atomic E-state index is 6.30. The Morgan fingerprint density at radius 3 is 3.09 bits per heavy atom. The van der Waals surface area contributed by atoms with Crippen molar-refractivity contribution in [3.05, 3.63) is 46.2 Å². The molecule has 4 nitrogen and oxygen atoms in total. The molecule has 2 aromatic rings. The van der Waals surface area contributed by atoms with E-state index in [2.05, 4.69) is 17.3 Å². The second kappa shape index (κ2) is 6.90. The van der Waals surface area contributed by atoms with Crippen molar-refractivity contribution in [2.45, 2.75) is 38.4 Å². The summed E-state index contributed by atoms with van der Waals surface area (Å²) in [4.78, 5) is 0. The lowest BCUT2D eigenvalue weighted by Crippen LogP contribution is -2.34. The molecule has 3 rings (SSSR count). The summed E-state index contributed by atoms with van der Waals surface area (Å²) in [7, 11) is 0. The van der Waals surface area contributed by atoms with Crippen LogP contribution in [0.1, 0.15) is 31.4 Å². The molecular formula is C16H19Cl2N3O. The van der Waals surface area contributed by atoms with Crippen LogP contribution in [0.2, 0.25) is 10.0 Å². The zero-order valence-corrected chi connectivity index (χ0v) is 13.9. The van der Waals surface area contributed by atoms with Crippen LogP contribution in [-0.2, 0) is 6.54 Å². The van der Waals surface area contributed by atoms with Gasteiger partial charge in [0.15, 0.2) is 0 Å². The number of benzene rings is 1. The molecule has 6 heteroatoms. The summed E-state index contributed by atoms with van der Waals surface area (Å²) in [5.41, 5.74) is 1.08. The van der Waals surface area contributed by atoms with E-state index in [-0.39, 0.29) is 12.1 Å². The van der Waals surface area contributed by atoms with E-state index in [1.54, 1.807) is 6.20 Å². The third kappa shape index (κ3) is 3.40. The van der Waals surface area contributed by atoms with Crippen molar-refractivity contribution in [2.24, 2.45) is 0 Å². The van der Waals surface area contributed by atoms with Gasteiger partial charge in [0.25, 0.3) is 0 Å². The highest BCUT2D eigenvalue weighted by atomic mass is 35.5. The molecule has 0 saturated carbocycles. The molecule has 1 aromatic heterocycles. The highest BCUT2D eigenvalue weighted by molar-refractivity contribution is 6.43. The average Bonchev–Trinajstić information content (AvgIpc) is 2.91. The first-order valence-corrected chi connectivity index (χ1v) is 8.25. The molecule has 118 valence electrons. The molecule has 0 spiro atoms. The summed E-state index contributed by atoms with van der Waals surface area (Å²) in [6.45, 7) is 3.64. The first-order chi connectivity index (χ1) is 10.6. The standard InChI is InChI=1S/C16H19Cl2N3O/c1-11(10-21-8-3-7-19-21)20-14-4-2-9-22-16-12(14)5-6-13(17)15(16)18/h3,5-8,11,14,20H,2,4,9-10H2,1H3/t11-,14+/m0/s1. The Morgan fingerprint density at radius 1 is 1.45 bits per heavy atom. The van der Waals surface area contributed by atoms with Gasteiger partial charge in [0, 0.05) is 30.0 Å². The molecular weight excluding hydrogens is 321 g/mol. The van der Waals surface area contributed by atoms with Crippen LogP contribution in [0.5, 0.6) is 5.75 Å². The van der Waals surface area contributed by atoms with Gasteiger partial charge in [-0.25, -0.2) is 0 Å². The minimum atomic E-state index is 0.206. The molecule has 2 atom stereocenters. The average molecular weight is 340 g/mol. The Morgan fingerprint density at radius 2 is 2.32 bits per heavy atom. The molecule has 0 fully saturated rings. The molecule has 1 N–H and O–H groups in total. The number of nitrogens with one attached hydrogen (secondary N) is 1. The van der Waals surface area contributed by atoms with Crippen LogP contribution in [0.3, 0.4) is 0 Å². The number of hydrogen-bond acceptors (Lipinski definition) is 3. The third-order valence-electron chi connectivity index (χ3n) is 3.85. The van der Waals surface area contributed by atoms with Gasteiger partial charge < -0.3 is 10.1 Å². The lowest BCUT2D eigenvalue weighted by Gasteiger charge is -2.23. The number of rotatable bonds is 4. The Labute approximate surface area is 140 Å². The van der Waals surface area contributed by atoms with E-state index in [0.29, 0.717) is 16.7 Å². The van der Waals surface area contributed by atoms with Crippen LogP contribution < -0.4 is 10.1 Å². The molecule has 1 aliphatic heterocycles. The van der Waals surface area contributed by atoms with E-state index in [9.17, 15) is 0 Å². The predicted octanol–water partition coefficient (Wildman–Crippen LogP) is 4.08. The first kappa shape index (κ1) is 15.7. The Kier molecular flexibility index (Phi) is 4.91. The Balaban J connectivity index is 1.78. The van der Waals surface area contributed by atoms with Crippen LogP contribution in [0, 0.1) is 0 Å². The van der Waals surface area contributed by atoms with Gasteiger partial charge in [-0.2, -0.15) is 5.10 Å². The van der Waals surface area contributed by atoms with E-state index in [4.69, 9.17) is 27.9 Å². The van der Waals surface area contributed by atoms with Crippen LogP contribution in [-0.4, -0.2) is 22.4 Å². The molecule has 0 radical (unpaired) electrons. The molecule has 0 aliphatic carbocycles. The summed E-state index contributed by atoms with van der Waals surface area (Å²) in [5, 5.41) is 8.95. The van der Waals surface area contributed by atoms with Crippen LogP contribution in [0.4, 0.5) is 0 Å². The van der Waals surface area contributed by atoms with Gasteiger partial charge in [-0.1, -0.05) is 29.3 Å². The van der Waals surface area contributed by atoms with E-state index in [1.165, 1.54) is 0 Å². The minimum Gasteiger partial charge on any atom is -0.492 e. The van der Waals surface area contributed by atoms with Crippen LogP contribution in [0.25, 0.3) is 0 Å². The highest BCUT2D eigenvalue weighted by Gasteiger charge is 2.24. The fourth-order valence-corrected chi connectivity index (χ4v) is 3.22. The molecule has 0 unspecified atom stereocenters. The normalized spacial score (nSPS) is 19.1. The smallest absolute Gasteiger partial charge is 0.144 e. The minimum absolute atomic E-state index is 0.206. The van der Waals surface area contributed by atoms with Gasteiger partial charge in [0.05, 0.1) is 18.2 Å². The van der Waals surface area contributed by atoms with Crippen molar-refractivity contribution >= 4 is 23.2 Å². The number of aromatic nitrogens is 2. The van der Waals surface area contributed by atoms with Gasteiger partial charge in [-0.05, 0) is 31.9 Å². The van der Waals surface area contributed by atoms with Crippen molar-refractivity contribution in [3.8, 4) is 5.75 Å². The van der Waals surface area contributed by atoms with Crippen molar-refractivity contribution < 1.29 is 4.74 Å². The lowest BCUT2D eigenvalue weighted by molar-refractivity contribution is 0.313. The van der Waals surface area contributed by atoms with Gasteiger partial charge >= 0.3 is 0 Å². The molecule has 0 bridgehead atoms. The van der Waals surface area contributed by atoms with Gasteiger partial charge in [0.1, 0.15) is 10.8 Å². The quantitative estimate of drug-likeness (QED) is 0.911. The molecule has 1 aromatic carbocycles. The summed E-state index contributed by atoms with van der Waals surface area (Å²) in [5.74, 6) is 0.718. The summed E-state index contributed by atoms with van der Waals surface area (Å²) in [6, 6.07) is 6.27. The second-order valence-corrected chi connectivity index (χ2v) is 6.40. The van der Waals surface area contributed by atoms with E-state index in [1.807, 2.05) is 29.1 Å². The zero-order chi connectivity index (χ0) is 15.5. The number of ether oxygens (including phenoxy) is 1. The molecule has 0 amide bonds. The van der Waals surface area contributed by atoms with Crippen molar-refractivity contribution in [3.63, 3.8) is 0 Å². The molecule has 0 saturated heterocycles. The highest BCUT2D eigenvalue weighted by Crippen LogP contribution is 2.41. The third-order valence-corrected chi connectivity index (χ3v) is 4.63. The molecule has 1 aliphatic rings. The zero-order valence-electron chi connectivity index (χ0n) is 12.4. The van der Waals surface area contributed by atoms with Crippen molar-refractivity contribution in [2.75, 3.05) is 6.61 Å². The second-order valence-electron chi connectivity index (χ2n) is 5.62. The number of halogens is 2. The monoisotopic (exact) mass is 339 g/mol. The van der Waals surface area contributed by atoms with E-state index in [0.717, 1.165) is 30.7 Å². The maximum Gasteiger partial charge on any atom is 0.144 e. The van der Waals surface area contributed by atoms with Crippen molar-refractivity contribution in [1.82, 2.24) is 15.1 Å². The topological polar surface area (TPSA) is 39.1 Å². The van der Waals surface area contributed by atoms with E-state index >= 15 is 0 Å². The maximum atomic E-state index is 6.30. The SMILES string of the molecule is C[C@@H](Cn1cccn1)N[C@@H]1CCCOc2c1ccc(Cl)c2Cl. The van der Waals surface area contributed by atoms with Gasteiger partial charge in [-0.3, -0.25) is 4.68 Å². The van der Waals surface area contributed by atoms with Gasteiger partial charge in [0.2, 0.25) is 0 Å². The number of fused-ring (bicyclic) bond motifs is 1. The summed E-state index contributed by atoms with van der Waals surface area (Å²) < 4.78 is 7.73. The lowest BCUT2D eigenvalue weighted by atomic mass is 10.0. The molecule has 2 heterocycles. The number of hydrogen-bond donors (Lipinski definition) is 1. The summed E-state index contributed by atoms with van der Waals surface area (Å²) >= 11 is 12.4. The van der Waals surface area contributed by atoms with Crippen LogP contribution in [0.15, 0.2) is 30.6 Å². The molecule has 22 heavy (non-hydrogen) atoms. The largest absolute Gasteiger partial charge is 0.492 e. The predicted molar refractivity (Wildman–Crippen MR) is 88.8 cm³/mol.